The topological polar surface area (TPSA) is 20.3 Å². The second-order valence-corrected chi connectivity index (χ2v) is 11.2. The van der Waals surface area contributed by atoms with E-state index in [1.54, 1.807) is 0 Å². The minimum Gasteiger partial charge on any atom is -0.369 e. The van der Waals surface area contributed by atoms with E-state index < -0.39 is 8.24 Å². The molecule has 0 spiro atoms. The molecule has 1 aliphatic heterocycles. The lowest BCUT2D eigenvalue weighted by molar-refractivity contribution is -0.127. The fourth-order valence-electron chi connectivity index (χ4n) is 3.15. The molecule has 0 aromatic heterocycles. The highest BCUT2D eigenvalue weighted by Gasteiger charge is 2.68. The average molecular weight is 245 g/mol. The van der Waals surface area contributed by atoms with Gasteiger partial charge in [0, 0.05) is 6.54 Å². The van der Waals surface area contributed by atoms with Gasteiger partial charge in [-0.1, -0.05) is 50.0 Å². The van der Waals surface area contributed by atoms with Gasteiger partial charge in [0.1, 0.15) is 0 Å². The Morgan fingerprint density at radius 2 is 1.88 bits per heavy atom. The fraction of sp³-hybridized carbons (Fsp3) is 0.500. The van der Waals surface area contributed by atoms with Gasteiger partial charge in [-0.05, 0) is 17.9 Å². The van der Waals surface area contributed by atoms with Gasteiger partial charge in [0.2, 0.25) is 5.91 Å². The van der Waals surface area contributed by atoms with Crippen LogP contribution in [0.4, 0.5) is 0 Å². The lowest BCUT2D eigenvalue weighted by Gasteiger charge is -2.32. The highest BCUT2D eigenvalue weighted by atomic mass is 28.3. The SMILES string of the molecule is C[Si](C)(C)N1C[C@@H]2C[C@]2(c2ccccc2)C1=O. The summed E-state index contributed by atoms with van der Waals surface area (Å²) in [6.07, 6.45) is 1.07. The van der Waals surface area contributed by atoms with Crippen molar-refractivity contribution in [3.8, 4) is 0 Å². The number of carbonyl (C=O) groups is 1. The van der Waals surface area contributed by atoms with Crippen molar-refractivity contribution in [3.63, 3.8) is 0 Å². The number of piperidine rings is 1. The number of hydrogen-bond acceptors (Lipinski definition) is 1. The highest BCUT2D eigenvalue weighted by molar-refractivity contribution is 6.75. The van der Waals surface area contributed by atoms with Crippen LogP contribution in [0.5, 0.6) is 0 Å². The third-order valence-electron chi connectivity index (χ3n) is 4.23. The Bertz CT molecular complexity index is 465. The highest BCUT2D eigenvalue weighted by Crippen LogP contribution is 2.60. The molecule has 3 heteroatoms. The first kappa shape index (κ1) is 11.0. The number of hydrogen-bond donors (Lipinski definition) is 0. The van der Waals surface area contributed by atoms with Crippen molar-refractivity contribution >= 4 is 14.1 Å². The first-order chi connectivity index (χ1) is 7.96. The van der Waals surface area contributed by atoms with Crippen molar-refractivity contribution in [1.82, 2.24) is 4.57 Å². The maximum atomic E-state index is 12.7. The molecule has 1 amide bonds. The van der Waals surface area contributed by atoms with Gasteiger partial charge < -0.3 is 4.57 Å². The van der Waals surface area contributed by atoms with Crippen LogP contribution in [0.15, 0.2) is 30.3 Å². The second-order valence-electron chi connectivity index (χ2n) is 6.33. The Balaban J connectivity index is 1.96. The summed E-state index contributed by atoms with van der Waals surface area (Å²) >= 11 is 0. The van der Waals surface area contributed by atoms with Crippen molar-refractivity contribution in [2.75, 3.05) is 6.54 Å². The van der Waals surface area contributed by atoms with Crippen LogP contribution in [0.1, 0.15) is 12.0 Å². The van der Waals surface area contributed by atoms with Gasteiger partial charge in [0.15, 0.2) is 8.24 Å². The molecule has 17 heavy (non-hydrogen) atoms. The number of nitrogens with zero attached hydrogens (tertiary/aromatic N) is 1. The van der Waals surface area contributed by atoms with Crippen LogP contribution in [0.2, 0.25) is 19.6 Å². The van der Waals surface area contributed by atoms with Gasteiger partial charge in [0.05, 0.1) is 5.41 Å². The molecule has 2 nitrogen and oxygen atoms in total. The summed E-state index contributed by atoms with van der Waals surface area (Å²) in [6, 6.07) is 10.3. The number of carbonyl (C=O) groups excluding carboxylic acids is 1. The molecule has 0 unspecified atom stereocenters. The van der Waals surface area contributed by atoms with Gasteiger partial charge in [-0.3, -0.25) is 4.79 Å². The fourth-order valence-corrected chi connectivity index (χ4v) is 4.72. The van der Waals surface area contributed by atoms with Crippen LogP contribution in [0, 0.1) is 5.92 Å². The van der Waals surface area contributed by atoms with E-state index >= 15 is 0 Å². The Kier molecular flexibility index (Phi) is 2.09. The predicted molar refractivity (Wildman–Crippen MR) is 71.3 cm³/mol. The monoisotopic (exact) mass is 245 g/mol. The Morgan fingerprint density at radius 1 is 1.24 bits per heavy atom. The Morgan fingerprint density at radius 3 is 2.41 bits per heavy atom. The molecule has 2 fully saturated rings. The summed E-state index contributed by atoms with van der Waals surface area (Å²) in [6.45, 7) is 7.76. The van der Waals surface area contributed by atoms with E-state index in [2.05, 4.69) is 36.3 Å². The summed E-state index contributed by atoms with van der Waals surface area (Å²) in [7, 11) is -1.49. The minimum absolute atomic E-state index is 0.137. The Labute approximate surface area is 104 Å². The summed E-state index contributed by atoms with van der Waals surface area (Å²) in [5, 5.41) is 0. The first-order valence-electron chi connectivity index (χ1n) is 6.34. The molecule has 3 rings (SSSR count). The lowest BCUT2D eigenvalue weighted by atomic mass is 9.94. The van der Waals surface area contributed by atoms with Gasteiger partial charge in [-0.25, -0.2) is 0 Å². The van der Waals surface area contributed by atoms with Crippen molar-refractivity contribution < 1.29 is 4.79 Å². The molecule has 2 atom stereocenters. The van der Waals surface area contributed by atoms with E-state index in [1.807, 2.05) is 18.2 Å². The predicted octanol–water partition coefficient (Wildman–Crippen LogP) is 2.62. The van der Waals surface area contributed by atoms with Gasteiger partial charge in [-0.2, -0.15) is 0 Å². The average Bonchev–Trinajstić information content (AvgIpc) is 2.94. The second kappa shape index (κ2) is 3.22. The number of rotatable bonds is 2. The molecule has 0 N–H and O–H groups in total. The maximum absolute atomic E-state index is 12.7. The number of benzene rings is 1. The van der Waals surface area contributed by atoms with Crippen LogP contribution in [-0.2, 0) is 10.2 Å². The zero-order valence-electron chi connectivity index (χ0n) is 10.7. The van der Waals surface area contributed by atoms with Crippen LogP contribution in [-0.4, -0.2) is 25.3 Å². The molecule has 1 saturated carbocycles. The number of fused-ring (bicyclic) bond motifs is 1. The molecular formula is C14H19NOSi. The van der Waals surface area contributed by atoms with Crippen molar-refractivity contribution in [2.45, 2.75) is 31.5 Å². The van der Waals surface area contributed by atoms with Crippen LogP contribution in [0.25, 0.3) is 0 Å². The maximum Gasteiger partial charge on any atom is 0.225 e. The van der Waals surface area contributed by atoms with E-state index in [0.717, 1.165) is 13.0 Å². The van der Waals surface area contributed by atoms with Crippen LogP contribution in [0.3, 0.4) is 0 Å². The third kappa shape index (κ3) is 1.41. The number of amides is 1. The largest absolute Gasteiger partial charge is 0.369 e. The lowest BCUT2D eigenvalue weighted by Crippen LogP contribution is -2.50. The van der Waals surface area contributed by atoms with E-state index in [9.17, 15) is 4.79 Å². The van der Waals surface area contributed by atoms with Crippen molar-refractivity contribution in [2.24, 2.45) is 5.92 Å². The molecule has 2 aliphatic rings. The van der Waals surface area contributed by atoms with E-state index in [0.29, 0.717) is 11.8 Å². The van der Waals surface area contributed by atoms with E-state index in [-0.39, 0.29) is 5.41 Å². The van der Waals surface area contributed by atoms with Crippen molar-refractivity contribution in [3.05, 3.63) is 35.9 Å². The molecule has 0 radical (unpaired) electrons. The normalized spacial score (nSPS) is 31.6. The molecule has 1 aromatic carbocycles. The molecule has 1 saturated heterocycles. The van der Waals surface area contributed by atoms with Crippen LogP contribution >= 0.6 is 0 Å². The molecule has 0 bridgehead atoms. The third-order valence-corrected chi connectivity index (χ3v) is 6.24. The van der Waals surface area contributed by atoms with E-state index in [1.165, 1.54) is 5.56 Å². The quantitative estimate of drug-likeness (QED) is 0.734. The van der Waals surface area contributed by atoms with Crippen LogP contribution < -0.4 is 0 Å². The zero-order valence-corrected chi connectivity index (χ0v) is 11.7. The van der Waals surface area contributed by atoms with Gasteiger partial charge in [0.25, 0.3) is 0 Å². The summed E-state index contributed by atoms with van der Waals surface area (Å²) < 4.78 is 2.19. The van der Waals surface area contributed by atoms with Gasteiger partial charge in [-0.15, -0.1) is 0 Å². The zero-order chi connectivity index (χ0) is 12.3. The smallest absolute Gasteiger partial charge is 0.225 e. The van der Waals surface area contributed by atoms with Crippen molar-refractivity contribution in [1.29, 1.82) is 0 Å². The van der Waals surface area contributed by atoms with Gasteiger partial charge >= 0.3 is 0 Å². The molecule has 1 aromatic rings. The minimum atomic E-state index is -1.49. The summed E-state index contributed by atoms with van der Waals surface area (Å²) in [5.74, 6) is 0.969. The summed E-state index contributed by atoms with van der Waals surface area (Å²) in [5.41, 5.74) is 1.09. The first-order valence-corrected chi connectivity index (χ1v) is 9.78. The standard InChI is InChI=1S/C14H19NOSi/c1-17(2,3)15-10-12-9-14(12,13(15)16)11-7-5-4-6-8-11/h4-8,12H,9-10H2,1-3H3/t12-,14+/m0/s1. The molecule has 1 heterocycles. The molecule has 1 aliphatic carbocycles. The van der Waals surface area contributed by atoms with E-state index in [4.69, 9.17) is 0 Å². The molecule has 90 valence electrons. The molecular weight excluding hydrogens is 226 g/mol. The Hall–Kier alpha value is -1.09. The summed E-state index contributed by atoms with van der Waals surface area (Å²) in [4.78, 5) is 12.7.